The number of aliphatic hydroxyl groups excluding tert-OH is 1. The first kappa shape index (κ1) is 25.1. The number of carbonyl (C=O) groups excluding carboxylic acids is 2. The van der Waals surface area contributed by atoms with Crippen LogP contribution >= 0.6 is 0 Å². The van der Waals surface area contributed by atoms with E-state index in [1.165, 1.54) is 4.90 Å². The molecule has 1 unspecified atom stereocenters. The van der Waals surface area contributed by atoms with Crippen LogP contribution in [-0.4, -0.2) is 34.9 Å². The van der Waals surface area contributed by atoms with Crippen molar-refractivity contribution in [2.45, 2.75) is 32.5 Å². The molecule has 0 aliphatic carbocycles. The van der Waals surface area contributed by atoms with Crippen molar-refractivity contribution in [2.75, 3.05) is 7.11 Å². The van der Waals surface area contributed by atoms with Crippen LogP contribution in [0.3, 0.4) is 0 Å². The Hall–Kier alpha value is -4.58. The summed E-state index contributed by atoms with van der Waals surface area (Å²) in [4.78, 5) is 28.3. The number of fused-ring (bicyclic) bond motifs is 1. The maximum absolute atomic E-state index is 13.4. The Morgan fingerprint density at radius 2 is 1.61 bits per heavy atom. The van der Waals surface area contributed by atoms with Crippen molar-refractivity contribution in [1.82, 2.24) is 4.90 Å². The molecule has 1 N–H and O–H groups in total. The lowest BCUT2D eigenvalue weighted by molar-refractivity contribution is -0.140. The Balaban J connectivity index is 1.60. The summed E-state index contributed by atoms with van der Waals surface area (Å²) >= 11 is 0. The number of methoxy groups -OCH3 is 1. The Morgan fingerprint density at radius 1 is 0.868 bits per heavy atom. The summed E-state index contributed by atoms with van der Waals surface area (Å²) in [7, 11) is 1.56. The molecule has 192 valence electrons. The molecule has 1 heterocycles. The van der Waals surface area contributed by atoms with Gasteiger partial charge >= 0.3 is 0 Å². The van der Waals surface area contributed by atoms with Crippen molar-refractivity contribution in [2.24, 2.45) is 0 Å². The SMILES string of the molecule is COc1cccc(C2/C(=C(/O)c3ccc4ccccc4c3)C(=O)C(=O)N2Cc2ccc(OC(C)C)cc2)c1. The largest absolute Gasteiger partial charge is 0.507 e. The summed E-state index contributed by atoms with van der Waals surface area (Å²) in [6, 6.07) is 27.2. The van der Waals surface area contributed by atoms with Crippen LogP contribution in [0.5, 0.6) is 11.5 Å². The molecule has 4 aromatic rings. The second kappa shape index (κ2) is 10.4. The molecule has 1 saturated heterocycles. The third-order valence-electron chi connectivity index (χ3n) is 6.62. The van der Waals surface area contributed by atoms with E-state index in [2.05, 4.69) is 0 Å². The quantitative estimate of drug-likeness (QED) is 0.182. The molecular weight excluding hydrogens is 478 g/mol. The molecule has 38 heavy (non-hydrogen) atoms. The van der Waals surface area contributed by atoms with E-state index in [0.717, 1.165) is 22.1 Å². The normalized spacial score (nSPS) is 16.8. The molecule has 0 saturated carbocycles. The summed E-state index contributed by atoms with van der Waals surface area (Å²) in [5, 5.41) is 13.4. The molecule has 0 spiro atoms. The number of rotatable bonds is 7. The fourth-order valence-electron chi connectivity index (χ4n) is 4.84. The van der Waals surface area contributed by atoms with Crippen LogP contribution in [-0.2, 0) is 16.1 Å². The number of Topliss-reactive ketones (excluding diaryl/α,β-unsaturated/α-hetero) is 1. The summed E-state index contributed by atoms with van der Waals surface area (Å²) < 4.78 is 11.1. The van der Waals surface area contributed by atoms with Crippen LogP contribution in [0.25, 0.3) is 16.5 Å². The van der Waals surface area contributed by atoms with Gasteiger partial charge in [0.2, 0.25) is 0 Å². The van der Waals surface area contributed by atoms with Crippen LogP contribution in [0.4, 0.5) is 0 Å². The molecule has 1 fully saturated rings. The Labute approximate surface area is 221 Å². The van der Waals surface area contributed by atoms with Crippen molar-refractivity contribution < 1.29 is 24.2 Å². The lowest BCUT2D eigenvalue weighted by Gasteiger charge is -2.26. The minimum absolute atomic E-state index is 0.0434. The molecule has 5 rings (SSSR count). The molecule has 1 aliphatic heterocycles. The van der Waals surface area contributed by atoms with Crippen molar-refractivity contribution in [3.63, 3.8) is 0 Å². The molecule has 1 amide bonds. The highest BCUT2D eigenvalue weighted by Gasteiger charge is 2.46. The van der Waals surface area contributed by atoms with Gasteiger partial charge in [-0.2, -0.15) is 0 Å². The number of benzene rings is 4. The summed E-state index contributed by atoms with van der Waals surface area (Å²) in [5.74, 6) is -0.267. The maximum Gasteiger partial charge on any atom is 0.295 e. The number of ether oxygens (including phenoxy) is 2. The van der Waals surface area contributed by atoms with Crippen LogP contribution in [0.15, 0.2) is 96.6 Å². The Kier molecular flexibility index (Phi) is 6.88. The zero-order valence-corrected chi connectivity index (χ0v) is 21.5. The van der Waals surface area contributed by atoms with Gasteiger partial charge in [-0.25, -0.2) is 0 Å². The number of nitrogens with zero attached hydrogens (tertiary/aromatic N) is 1. The number of hydrogen-bond donors (Lipinski definition) is 1. The fourth-order valence-corrected chi connectivity index (χ4v) is 4.84. The van der Waals surface area contributed by atoms with E-state index in [0.29, 0.717) is 16.9 Å². The topological polar surface area (TPSA) is 76.1 Å². The molecular formula is C32H29NO5. The number of amides is 1. The zero-order valence-electron chi connectivity index (χ0n) is 21.5. The molecule has 0 radical (unpaired) electrons. The van der Waals surface area contributed by atoms with Crippen molar-refractivity contribution in [3.8, 4) is 11.5 Å². The number of ketones is 1. The maximum atomic E-state index is 13.4. The summed E-state index contributed by atoms with van der Waals surface area (Å²) in [6.07, 6.45) is 0.0434. The van der Waals surface area contributed by atoms with Gasteiger partial charge < -0.3 is 19.5 Å². The third-order valence-corrected chi connectivity index (χ3v) is 6.62. The number of carbonyl (C=O) groups is 2. The second-order valence-corrected chi connectivity index (χ2v) is 9.58. The van der Waals surface area contributed by atoms with Gasteiger partial charge in [0.1, 0.15) is 17.3 Å². The van der Waals surface area contributed by atoms with E-state index >= 15 is 0 Å². The predicted molar refractivity (Wildman–Crippen MR) is 147 cm³/mol. The Bertz CT molecular complexity index is 1540. The molecule has 0 aromatic heterocycles. The second-order valence-electron chi connectivity index (χ2n) is 9.58. The van der Waals surface area contributed by atoms with Gasteiger partial charge in [-0.3, -0.25) is 9.59 Å². The predicted octanol–water partition coefficient (Wildman–Crippen LogP) is 6.26. The smallest absolute Gasteiger partial charge is 0.295 e. The highest BCUT2D eigenvalue weighted by molar-refractivity contribution is 6.46. The standard InChI is InChI=1S/C32H29NO5/c1-20(2)38-26-15-11-21(12-16-26)19-33-29(24-9-6-10-27(18-24)37-3)28(31(35)32(33)36)30(34)25-14-13-22-7-4-5-8-23(22)17-25/h4-18,20,29,34H,19H2,1-3H3/b30-28-. The van der Waals surface area contributed by atoms with Gasteiger partial charge in [0, 0.05) is 12.1 Å². The molecule has 6 heteroatoms. The lowest BCUT2D eigenvalue weighted by Crippen LogP contribution is -2.29. The molecule has 0 bridgehead atoms. The first-order valence-electron chi connectivity index (χ1n) is 12.5. The fraction of sp³-hybridized carbons (Fsp3) is 0.188. The van der Waals surface area contributed by atoms with Crippen molar-refractivity contribution in [1.29, 1.82) is 0 Å². The van der Waals surface area contributed by atoms with E-state index in [-0.39, 0.29) is 24.0 Å². The molecule has 4 aromatic carbocycles. The minimum atomic E-state index is -0.789. The highest BCUT2D eigenvalue weighted by atomic mass is 16.5. The first-order valence-corrected chi connectivity index (χ1v) is 12.5. The number of aliphatic hydroxyl groups is 1. The van der Waals surface area contributed by atoms with E-state index in [1.54, 1.807) is 25.3 Å². The highest BCUT2D eigenvalue weighted by Crippen LogP contribution is 2.41. The van der Waals surface area contributed by atoms with Crippen molar-refractivity contribution in [3.05, 3.63) is 113 Å². The van der Waals surface area contributed by atoms with Crippen molar-refractivity contribution >= 4 is 28.2 Å². The average Bonchev–Trinajstić information content (AvgIpc) is 3.18. The van der Waals surface area contributed by atoms with Gasteiger partial charge in [-0.15, -0.1) is 0 Å². The van der Waals surface area contributed by atoms with Crippen LogP contribution < -0.4 is 9.47 Å². The molecule has 1 aliphatic rings. The third kappa shape index (κ3) is 4.85. The summed E-state index contributed by atoms with van der Waals surface area (Å²) in [5.41, 5.74) is 2.04. The first-order chi connectivity index (χ1) is 18.4. The Morgan fingerprint density at radius 3 is 2.32 bits per heavy atom. The van der Waals surface area contributed by atoms with Crippen LogP contribution in [0.1, 0.15) is 36.6 Å². The monoisotopic (exact) mass is 507 g/mol. The lowest BCUT2D eigenvalue weighted by atomic mass is 9.94. The van der Waals surface area contributed by atoms with E-state index in [9.17, 15) is 14.7 Å². The van der Waals surface area contributed by atoms with Gasteiger partial charge in [-0.1, -0.05) is 60.7 Å². The van der Waals surface area contributed by atoms with Gasteiger partial charge in [0.15, 0.2) is 0 Å². The minimum Gasteiger partial charge on any atom is -0.507 e. The van der Waals surface area contributed by atoms with Gasteiger partial charge in [0.05, 0.1) is 24.8 Å². The van der Waals surface area contributed by atoms with Crippen LogP contribution in [0, 0.1) is 0 Å². The number of hydrogen-bond acceptors (Lipinski definition) is 5. The van der Waals surface area contributed by atoms with E-state index in [1.807, 2.05) is 86.6 Å². The molecule has 6 nitrogen and oxygen atoms in total. The van der Waals surface area contributed by atoms with Gasteiger partial charge in [-0.05, 0) is 66.1 Å². The number of likely N-dealkylation sites (tertiary alicyclic amines) is 1. The molecule has 1 atom stereocenters. The van der Waals surface area contributed by atoms with E-state index < -0.39 is 17.7 Å². The average molecular weight is 508 g/mol. The van der Waals surface area contributed by atoms with Crippen LogP contribution in [0.2, 0.25) is 0 Å². The zero-order chi connectivity index (χ0) is 26.8. The van der Waals surface area contributed by atoms with Gasteiger partial charge in [0.25, 0.3) is 11.7 Å². The summed E-state index contributed by atoms with van der Waals surface area (Å²) in [6.45, 7) is 4.09. The van der Waals surface area contributed by atoms with E-state index in [4.69, 9.17) is 9.47 Å².